The minimum atomic E-state index is -0.461. The van der Waals surface area contributed by atoms with Crippen LogP contribution in [0, 0.1) is 0 Å². The summed E-state index contributed by atoms with van der Waals surface area (Å²) >= 11 is 12.5. The van der Waals surface area contributed by atoms with Crippen LogP contribution in [0.15, 0.2) is 77.9 Å². The molecule has 0 saturated carbocycles. The van der Waals surface area contributed by atoms with Crippen LogP contribution >= 0.6 is 23.2 Å². The van der Waals surface area contributed by atoms with Crippen LogP contribution in [0.4, 0.5) is 10.5 Å². The molecule has 0 aromatic heterocycles. The van der Waals surface area contributed by atoms with Crippen molar-refractivity contribution in [3.8, 4) is 5.75 Å². The lowest BCUT2D eigenvalue weighted by Crippen LogP contribution is -2.44. The summed E-state index contributed by atoms with van der Waals surface area (Å²) in [6.45, 7) is 0.235. The van der Waals surface area contributed by atoms with Gasteiger partial charge >= 0.3 is 6.03 Å². The summed E-state index contributed by atoms with van der Waals surface area (Å²) < 4.78 is 10.5. The summed E-state index contributed by atoms with van der Waals surface area (Å²) in [7, 11) is 3.06. The van der Waals surface area contributed by atoms with Gasteiger partial charge in [-0.3, -0.25) is 4.79 Å². The number of rotatable bonds is 9. The molecule has 1 aliphatic rings. The molecule has 1 unspecified atom stereocenters. The molecule has 0 bridgehead atoms. The average Bonchev–Trinajstić information content (AvgIpc) is 3.37. The summed E-state index contributed by atoms with van der Waals surface area (Å²) in [6.07, 6.45) is 0.461. The van der Waals surface area contributed by atoms with Crippen LogP contribution in [0.3, 0.4) is 0 Å². The molecular formula is C28H28Cl2N4O4. The van der Waals surface area contributed by atoms with Crippen molar-refractivity contribution in [2.24, 2.45) is 5.10 Å². The normalized spacial score (nSPS) is 14.7. The van der Waals surface area contributed by atoms with Crippen molar-refractivity contribution in [2.75, 3.05) is 39.2 Å². The Hall–Kier alpha value is -3.59. The maximum Gasteiger partial charge on any atom is 0.322 e. The summed E-state index contributed by atoms with van der Waals surface area (Å²) in [4.78, 5) is 28.3. The molecule has 38 heavy (non-hydrogen) atoms. The Morgan fingerprint density at radius 3 is 2.45 bits per heavy atom. The van der Waals surface area contributed by atoms with E-state index in [2.05, 4.69) is 10.4 Å². The molecule has 0 radical (unpaired) electrons. The number of carbonyl (C=O) groups is 2. The standard InChI is InChI=1S/C28H28Cl2N4O4/c1-37-16-15-33(28(36)31-23-9-5-6-10-26(23)38-2)18-27(35)34-25(19-11-13-20(29)14-12-19)17-24(32-34)21-7-3-4-8-22(21)30/h3-14,25H,15-18H2,1-2H3,(H,31,36). The van der Waals surface area contributed by atoms with Gasteiger partial charge in [0.05, 0.1) is 31.2 Å². The fourth-order valence-corrected chi connectivity index (χ4v) is 4.55. The Bertz CT molecular complexity index is 1320. The van der Waals surface area contributed by atoms with Gasteiger partial charge in [-0.25, -0.2) is 9.80 Å². The molecule has 1 atom stereocenters. The minimum absolute atomic E-state index is 0.198. The first kappa shape index (κ1) is 27.4. The molecule has 10 heteroatoms. The first-order chi connectivity index (χ1) is 18.4. The second kappa shape index (κ2) is 12.8. The lowest BCUT2D eigenvalue weighted by atomic mass is 9.98. The molecule has 0 aliphatic carbocycles. The molecule has 0 spiro atoms. The molecule has 0 saturated heterocycles. The lowest BCUT2D eigenvalue weighted by molar-refractivity contribution is -0.133. The molecule has 8 nitrogen and oxygen atoms in total. The van der Waals surface area contributed by atoms with Gasteiger partial charge in [0, 0.05) is 35.7 Å². The second-order valence-electron chi connectivity index (χ2n) is 8.58. The number of ether oxygens (including phenoxy) is 2. The topological polar surface area (TPSA) is 83.5 Å². The van der Waals surface area contributed by atoms with Crippen LogP contribution < -0.4 is 10.1 Å². The molecule has 4 rings (SSSR count). The minimum Gasteiger partial charge on any atom is -0.495 e. The average molecular weight is 555 g/mol. The van der Waals surface area contributed by atoms with Crippen molar-refractivity contribution in [1.82, 2.24) is 9.91 Å². The molecular weight excluding hydrogens is 527 g/mol. The van der Waals surface area contributed by atoms with Crippen molar-refractivity contribution in [3.63, 3.8) is 0 Å². The van der Waals surface area contributed by atoms with Crippen molar-refractivity contribution in [3.05, 3.63) is 94.0 Å². The monoisotopic (exact) mass is 554 g/mol. The number of benzene rings is 3. The summed E-state index contributed by atoms with van der Waals surface area (Å²) in [5.74, 6) is 0.161. The molecule has 198 valence electrons. The van der Waals surface area contributed by atoms with Crippen LogP contribution in [0.2, 0.25) is 10.0 Å². The summed E-state index contributed by atoms with van der Waals surface area (Å²) in [5.41, 5.74) is 2.81. The Kier molecular flexibility index (Phi) is 9.23. The van der Waals surface area contributed by atoms with Gasteiger partial charge < -0.3 is 19.7 Å². The highest BCUT2D eigenvalue weighted by Crippen LogP contribution is 2.35. The molecule has 1 heterocycles. The van der Waals surface area contributed by atoms with E-state index in [0.717, 1.165) is 11.1 Å². The van der Waals surface area contributed by atoms with Crippen LogP contribution in [-0.2, 0) is 9.53 Å². The van der Waals surface area contributed by atoms with E-state index in [9.17, 15) is 9.59 Å². The number of methoxy groups -OCH3 is 2. The van der Waals surface area contributed by atoms with E-state index < -0.39 is 6.03 Å². The zero-order chi connectivity index (χ0) is 27.1. The van der Waals surface area contributed by atoms with Crippen molar-refractivity contribution in [2.45, 2.75) is 12.5 Å². The third-order valence-corrected chi connectivity index (χ3v) is 6.71. The van der Waals surface area contributed by atoms with Gasteiger partial charge in [0.2, 0.25) is 0 Å². The zero-order valence-electron chi connectivity index (χ0n) is 21.1. The van der Waals surface area contributed by atoms with Gasteiger partial charge in [-0.15, -0.1) is 0 Å². The Morgan fingerprint density at radius 1 is 1.03 bits per heavy atom. The Morgan fingerprint density at radius 2 is 1.74 bits per heavy atom. The van der Waals surface area contributed by atoms with E-state index in [1.165, 1.54) is 24.1 Å². The van der Waals surface area contributed by atoms with Gasteiger partial charge in [0.1, 0.15) is 12.3 Å². The molecule has 3 aromatic carbocycles. The van der Waals surface area contributed by atoms with Crippen molar-refractivity contribution in [1.29, 1.82) is 0 Å². The van der Waals surface area contributed by atoms with Crippen LogP contribution in [0.1, 0.15) is 23.6 Å². The van der Waals surface area contributed by atoms with Crippen LogP contribution in [-0.4, -0.2) is 61.5 Å². The van der Waals surface area contributed by atoms with E-state index in [0.29, 0.717) is 33.6 Å². The van der Waals surface area contributed by atoms with E-state index in [-0.39, 0.29) is 31.6 Å². The first-order valence-electron chi connectivity index (χ1n) is 12.0. The lowest BCUT2D eigenvalue weighted by Gasteiger charge is -2.27. The van der Waals surface area contributed by atoms with E-state index in [1.807, 2.05) is 30.3 Å². The maximum absolute atomic E-state index is 13.7. The number of hydrogen-bond acceptors (Lipinski definition) is 5. The number of halogens is 2. The number of para-hydroxylation sites is 2. The number of anilines is 1. The number of urea groups is 1. The van der Waals surface area contributed by atoms with Gasteiger partial charge in [-0.05, 0) is 35.9 Å². The highest BCUT2D eigenvalue weighted by Gasteiger charge is 2.35. The van der Waals surface area contributed by atoms with Crippen molar-refractivity contribution >= 4 is 46.5 Å². The highest BCUT2D eigenvalue weighted by atomic mass is 35.5. The number of hydrogen-bond donors (Lipinski definition) is 1. The quantitative estimate of drug-likeness (QED) is 0.359. The van der Waals surface area contributed by atoms with Crippen LogP contribution in [0.5, 0.6) is 5.75 Å². The molecule has 1 N–H and O–H groups in total. The molecule has 3 aromatic rings. The predicted octanol–water partition coefficient (Wildman–Crippen LogP) is 5.86. The summed E-state index contributed by atoms with van der Waals surface area (Å²) in [6, 6.07) is 20.9. The van der Waals surface area contributed by atoms with Gasteiger partial charge in [0.15, 0.2) is 0 Å². The third-order valence-electron chi connectivity index (χ3n) is 6.13. The Balaban J connectivity index is 1.60. The second-order valence-corrected chi connectivity index (χ2v) is 9.42. The third kappa shape index (κ3) is 6.45. The Labute approximate surface area is 231 Å². The van der Waals surface area contributed by atoms with Gasteiger partial charge in [-0.2, -0.15) is 5.10 Å². The fourth-order valence-electron chi connectivity index (χ4n) is 4.17. The SMILES string of the molecule is COCCN(CC(=O)N1N=C(c2ccccc2Cl)CC1c1ccc(Cl)cc1)C(=O)Nc1ccccc1OC. The number of amides is 3. The predicted molar refractivity (Wildman–Crippen MR) is 149 cm³/mol. The maximum atomic E-state index is 13.7. The molecule has 3 amide bonds. The van der Waals surface area contributed by atoms with Crippen molar-refractivity contribution < 1.29 is 19.1 Å². The molecule has 0 fully saturated rings. The smallest absolute Gasteiger partial charge is 0.322 e. The van der Waals surface area contributed by atoms with E-state index in [1.54, 1.807) is 42.5 Å². The number of hydrazone groups is 1. The fraction of sp³-hybridized carbons (Fsp3) is 0.250. The van der Waals surface area contributed by atoms with Gasteiger partial charge in [-0.1, -0.05) is 65.7 Å². The largest absolute Gasteiger partial charge is 0.495 e. The number of carbonyl (C=O) groups excluding carboxylic acids is 2. The number of nitrogens with one attached hydrogen (secondary N) is 1. The van der Waals surface area contributed by atoms with E-state index >= 15 is 0 Å². The highest BCUT2D eigenvalue weighted by molar-refractivity contribution is 6.34. The molecule has 1 aliphatic heterocycles. The van der Waals surface area contributed by atoms with E-state index in [4.69, 9.17) is 32.7 Å². The number of nitrogens with zero attached hydrogens (tertiary/aromatic N) is 3. The van der Waals surface area contributed by atoms with Crippen LogP contribution in [0.25, 0.3) is 0 Å². The first-order valence-corrected chi connectivity index (χ1v) is 12.7. The summed E-state index contributed by atoms with van der Waals surface area (Å²) in [5, 5.41) is 10.1. The zero-order valence-corrected chi connectivity index (χ0v) is 22.6. The van der Waals surface area contributed by atoms with Gasteiger partial charge in [0.25, 0.3) is 5.91 Å².